The Labute approximate surface area is 162 Å². The van der Waals surface area contributed by atoms with E-state index in [-0.39, 0.29) is 5.41 Å². The van der Waals surface area contributed by atoms with Gasteiger partial charge < -0.3 is 10.2 Å². The van der Waals surface area contributed by atoms with Crippen LogP contribution in [0, 0.1) is 19.3 Å². The van der Waals surface area contributed by atoms with E-state index in [1.165, 1.54) is 40.2 Å². The van der Waals surface area contributed by atoms with Crippen molar-refractivity contribution >= 4 is 22.7 Å². The summed E-state index contributed by atoms with van der Waals surface area (Å²) < 4.78 is 0. The van der Waals surface area contributed by atoms with Crippen molar-refractivity contribution in [2.24, 2.45) is 5.41 Å². The molecule has 0 saturated carbocycles. The van der Waals surface area contributed by atoms with Crippen molar-refractivity contribution in [3.8, 4) is 0 Å². The Balaban J connectivity index is 1.80. The molecule has 0 atom stereocenters. The average Bonchev–Trinajstić information content (AvgIpc) is 2.86. The molecule has 3 heteroatoms. The summed E-state index contributed by atoms with van der Waals surface area (Å²) in [6.45, 7) is 17.6. The number of aryl methyl sites for hydroxylation is 3. The molecule has 140 valence electrons. The Bertz CT molecular complexity index is 772. The number of hydrogen-bond acceptors (Lipinski definition) is 3. The van der Waals surface area contributed by atoms with E-state index < -0.39 is 0 Å². The minimum atomic E-state index is 0.246. The molecule has 1 aliphatic rings. The van der Waals surface area contributed by atoms with Crippen molar-refractivity contribution in [3.63, 3.8) is 0 Å². The first-order chi connectivity index (χ1) is 12.2. The first kappa shape index (κ1) is 19.0. The fourth-order valence-electron chi connectivity index (χ4n) is 3.84. The summed E-state index contributed by atoms with van der Waals surface area (Å²) in [4.78, 5) is 4.06. The summed E-state index contributed by atoms with van der Waals surface area (Å²) in [7, 11) is 0. The van der Waals surface area contributed by atoms with Crippen LogP contribution in [-0.4, -0.2) is 6.54 Å². The van der Waals surface area contributed by atoms with Crippen LogP contribution < -0.4 is 10.2 Å². The molecule has 0 radical (unpaired) electrons. The van der Waals surface area contributed by atoms with Crippen LogP contribution in [0.4, 0.5) is 11.4 Å². The molecule has 3 rings (SSSR count). The molecular weight excluding hydrogens is 336 g/mol. The lowest BCUT2D eigenvalue weighted by molar-refractivity contribution is 0.411. The van der Waals surface area contributed by atoms with E-state index in [0.717, 1.165) is 25.2 Å². The Morgan fingerprint density at radius 1 is 1.23 bits per heavy atom. The minimum Gasteiger partial charge on any atom is -0.366 e. The molecule has 1 N–H and O–H groups in total. The maximum Gasteiger partial charge on any atom is 0.0525 e. The molecule has 0 spiro atoms. The Morgan fingerprint density at radius 3 is 2.58 bits per heavy atom. The maximum absolute atomic E-state index is 4.24. The highest BCUT2D eigenvalue weighted by atomic mass is 32.1. The Hall–Kier alpha value is -1.74. The summed E-state index contributed by atoms with van der Waals surface area (Å²) in [5, 5.41) is 5.81. The number of rotatable bonds is 4. The third kappa shape index (κ3) is 4.50. The van der Waals surface area contributed by atoms with Gasteiger partial charge in [-0.3, -0.25) is 0 Å². The largest absolute Gasteiger partial charge is 0.366 e. The standard InChI is InChI=1S/C23H32N2S/c1-16-12-20(25-10-7-8-19-9-11-26-21(19)15-25)13-17(2)22(16)24-18(3)14-23(4,5)6/h9,11-13,24H,3,7-8,10,14-15H2,1-2,4-6H3. The molecule has 0 saturated heterocycles. The van der Waals surface area contributed by atoms with Gasteiger partial charge in [-0.2, -0.15) is 0 Å². The van der Waals surface area contributed by atoms with E-state index in [1.807, 2.05) is 11.3 Å². The second-order valence-electron chi connectivity index (χ2n) is 8.81. The summed E-state index contributed by atoms with van der Waals surface area (Å²) >= 11 is 1.90. The van der Waals surface area contributed by atoms with Gasteiger partial charge in [0, 0.05) is 28.5 Å². The zero-order chi connectivity index (χ0) is 18.9. The predicted molar refractivity (Wildman–Crippen MR) is 116 cm³/mol. The molecule has 0 aliphatic carbocycles. The molecule has 1 aromatic carbocycles. The van der Waals surface area contributed by atoms with Crippen LogP contribution in [-0.2, 0) is 13.0 Å². The summed E-state index contributed by atoms with van der Waals surface area (Å²) in [6, 6.07) is 6.96. The van der Waals surface area contributed by atoms with E-state index >= 15 is 0 Å². The van der Waals surface area contributed by atoms with Gasteiger partial charge in [-0.15, -0.1) is 11.3 Å². The second-order valence-corrected chi connectivity index (χ2v) is 9.82. The van der Waals surface area contributed by atoms with Gasteiger partial charge in [0.25, 0.3) is 0 Å². The van der Waals surface area contributed by atoms with Gasteiger partial charge in [0.15, 0.2) is 0 Å². The highest BCUT2D eigenvalue weighted by Crippen LogP contribution is 2.33. The lowest BCUT2D eigenvalue weighted by Gasteiger charge is -2.26. The zero-order valence-corrected chi connectivity index (χ0v) is 17.7. The lowest BCUT2D eigenvalue weighted by Crippen LogP contribution is -2.22. The van der Waals surface area contributed by atoms with Gasteiger partial charge in [0.05, 0.1) is 6.54 Å². The third-order valence-corrected chi connectivity index (χ3v) is 5.92. The molecule has 2 nitrogen and oxygen atoms in total. The summed E-state index contributed by atoms with van der Waals surface area (Å²) in [6.07, 6.45) is 3.41. The second kappa shape index (κ2) is 7.48. The summed E-state index contributed by atoms with van der Waals surface area (Å²) in [5.41, 5.74) is 8.03. The third-order valence-electron chi connectivity index (χ3n) is 4.97. The topological polar surface area (TPSA) is 15.3 Å². The minimum absolute atomic E-state index is 0.246. The van der Waals surface area contributed by atoms with Crippen molar-refractivity contribution in [2.45, 2.75) is 60.4 Å². The molecule has 1 aliphatic heterocycles. The summed E-state index contributed by atoms with van der Waals surface area (Å²) in [5.74, 6) is 0. The molecule has 0 fully saturated rings. The number of nitrogens with zero attached hydrogens (tertiary/aromatic N) is 1. The Kier molecular flexibility index (Phi) is 5.47. The zero-order valence-electron chi connectivity index (χ0n) is 16.9. The predicted octanol–water partition coefficient (Wildman–Crippen LogP) is 6.68. The fourth-order valence-corrected chi connectivity index (χ4v) is 4.79. The molecule has 0 amide bonds. The van der Waals surface area contributed by atoms with Crippen LogP contribution in [0.1, 0.15) is 55.2 Å². The van der Waals surface area contributed by atoms with Crippen LogP contribution in [0.15, 0.2) is 35.9 Å². The van der Waals surface area contributed by atoms with Crippen LogP contribution in [0.5, 0.6) is 0 Å². The lowest BCUT2D eigenvalue weighted by atomic mass is 9.90. The van der Waals surface area contributed by atoms with Crippen molar-refractivity contribution in [1.29, 1.82) is 0 Å². The van der Waals surface area contributed by atoms with E-state index in [9.17, 15) is 0 Å². The quantitative estimate of drug-likeness (QED) is 0.647. The van der Waals surface area contributed by atoms with Crippen molar-refractivity contribution in [1.82, 2.24) is 0 Å². The van der Waals surface area contributed by atoms with E-state index in [4.69, 9.17) is 0 Å². The van der Waals surface area contributed by atoms with Gasteiger partial charge >= 0.3 is 0 Å². The smallest absolute Gasteiger partial charge is 0.0525 e. The van der Waals surface area contributed by atoms with Crippen molar-refractivity contribution < 1.29 is 0 Å². The van der Waals surface area contributed by atoms with Crippen molar-refractivity contribution in [2.75, 3.05) is 16.8 Å². The number of fused-ring (bicyclic) bond motifs is 1. The number of anilines is 2. The average molecular weight is 369 g/mol. The van der Waals surface area contributed by atoms with E-state index in [0.29, 0.717) is 0 Å². The number of allylic oxidation sites excluding steroid dienone is 1. The number of benzene rings is 1. The van der Waals surface area contributed by atoms with Crippen LogP contribution in [0.25, 0.3) is 0 Å². The van der Waals surface area contributed by atoms with Crippen LogP contribution in [0.2, 0.25) is 0 Å². The molecule has 2 heterocycles. The first-order valence-corrected chi connectivity index (χ1v) is 10.5. The Morgan fingerprint density at radius 2 is 1.92 bits per heavy atom. The van der Waals surface area contributed by atoms with Gasteiger partial charge in [0.2, 0.25) is 0 Å². The van der Waals surface area contributed by atoms with Gasteiger partial charge in [0.1, 0.15) is 0 Å². The monoisotopic (exact) mass is 368 g/mol. The number of thiophene rings is 1. The van der Waals surface area contributed by atoms with Crippen LogP contribution in [0.3, 0.4) is 0 Å². The molecule has 0 bridgehead atoms. The molecular formula is C23H32N2S. The van der Waals surface area contributed by atoms with Crippen LogP contribution >= 0.6 is 11.3 Å². The normalized spacial score (nSPS) is 14.7. The highest BCUT2D eigenvalue weighted by Gasteiger charge is 2.18. The van der Waals surface area contributed by atoms with E-state index in [1.54, 1.807) is 5.56 Å². The van der Waals surface area contributed by atoms with Gasteiger partial charge in [-0.1, -0.05) is 27.4 Å². The molecule has 26 heavy (non-hydrogen) atoms. The number of hydrogen-bond donors (Lipinski definition) is 1. The highest BCUT2D eigenvalue weighted by molar-refractivity contribution is 7.10. The van der Waals surface area contributed by atoms with Gasteiger partial charge in [-0.05, 0) is 78.8 Å². The first-order valence-electron chi connectivity index (χ1n) is 9.59. The van der Waals surface area contributed by atoms with E-state index in [2.05, 4.69) is 75.0 Å². The molecule has 0 unspecified atom stereocenters. The molecule has 2 aromatic rings. The SMILES string of the molecule is C=C(CC(C)(C)C)Nc1c(C)cc(N2CCCc3ccsc3C2)cc1C. The van der Waals surface area contributed by atoms with Gasteiger partial charge in [-0.25, -0.2) is 0 Å². The van der Waals surface area contributed by atoms with Crippen molar-refractivity contribution in [3.05, 3.63) is 57.4 Å². The number of nitrogens with one attached hydrogen (secondary N) is 1. The maximum atomic E-state index is 4.24. The molecule has 1 aromatic heterocycles. The fraction of sp³-hybridized carbons (Fsp3) is 0.478.